The van der Waals surface area contributed by atoms with Crippen molar-refractivity contribution in [1.82, 2.24) is 14.8 Å². The summed E-state index contributed by atoms with van der Waals surface area (Å²) in [5.41, 5.74) is 6.20. The van der Waals surface area contributed by atoms with Crippen molar-refractivity contribution in [2.24, 2.45) is 17.6 Å². The fraction of sp³-hybridized carbons (Fsp3) is 0.562. The number of carbonyl (C=O) groups excluding carboxylic acids is 3. The van der Waals surface area contributed by atoms with Gasteiger partial charge in [0.25, 0.3) is 5.91 Å². The first-order valence-electron chi connectivity index (χ1n) is 15.2. The molecule has 3 fully saturated rings. The number of ketones is 1. The van der Waals surface area contributed by atoms with Crippen LogP contribution in [0.2, 0.25) is 0 Å². The molecule has 1 amide bonds. The molecule has 2 aromatic rings. The Morgan fingerprint density at radius 3 is 2.21 bits per heavy atom. The monoisotopic (exact) mass is 579 g/mol. The molecular weight excluding hydrogens is 537 g/mol. The quantitative estimate of drug-likeness (QED) is 0.355. The van der Waals surface area contributed by atoms with Gasteiger partial charge >= 0.3 is 5.97 Å². The number of nitrogens with zero attached hydrogens (tertiary/aromatic N) is 4. The Bertz CT molecular complexity index is 1230. The second kappa shape index (κ2) is 13.3. The third kappa shape index (κ3) is 7.15. The van der Waals surface area contributed by atoms with Gasteiger partial charge < -0.3 is 25.2 Å². The molecule has 226 valence electrons. The van der Waals surface area contributed by atoms with E-state index in [0.29, 0.717) is 24.3 Å². The third-order valence-corrected chi connectivity index (χ3v) is 9.42. The number of esters is 1. The topological polar surface area (TPSA) is 109 Å². The second-order valence-corrected chi connectivity index (χ2v) is 12.2. The van der Waals surface area contributed by atoms with Gasteiger partial charge in [-0.1, -0.05) is 0 Å². The zero-order valence-electron chi connectivity index (χ0n) is 24.5. The standard InChI is InChI=1S/C32H42FN5O4/c1-36-18-20-38(21-19-36)27-6-7-28(35-22-27)30(40)42-32(31(34)41)13-8-23(9-14-32)10-15-37-16-11-25(12-17-37)29(39)24-2-4-26(33)5-3-24/h2-7,22-23,25H,8-21H2,1H3,(H2,34,41). The minimum Gasteiger partial charge on any atom is -0.444 e. The van der Waals surface area contributed by atoms with E-state index in [4.69, 9.17) is 10.5 Å². The Hall–Kier alpha value is -3.37. The number of likely N-dealkylation sites (tertiary alicyclic amines) is 1. The average molecular weight is 580 g/mol. The number of pyridine rings is 1. The molecular formula is C32H42FN5O4. The van der Waals surface area contributed by atoms with Crippen LogP contribution in [-0.4, -0.2) is 90.9 Å². The molecule has 3 heterocycles. The maximum Gasteiger partial charge on any atom is 0.357 e. The van der Waals surface area contributed by atoms with Crippen LogP contribution in [0.1, 0.15) is 65.8 Å². The SMILES string of the molecule is CN1CCN(c2ccc(C(=O)OC3(C(N)=O)CCC(CCN4CCC(C(=O)c5ccc(F)cc5)CC4)CC3)nc2)CC1. The first-order chi connectivity index (χ1) is 20.2. The van der Waals surface area contributed by atoms with E-state index in [2.05, 4.69) is 26.7 Å². The van der Waals surface area contributed by atoms with E-state index in [0.717, 1.165) is 83.6 Å². The number of benzene rings is 1. The lowest BCUT2D eigenvalue weighted by Crippen LogP contribution is -2.50. The molecule has 0 atom stereocenters. The molecule has 0 spiro atoms. The molecule has 1 aromatic carbocycles. The fourth-order valence-electron chi connectivity index (χ4n) is 6.45. The Kier molecular flexibility index (Phi) is 9.53. The molecule has 10 heteroatoms. The van der Waals surface area contributed by atoms with Crippen LogP contribution < -0.4 is 10.6 Å². The summed E-state index contributed by atoms with van der Waals surface area (Å²) >= 11 is 0. The minimum absolute atomic E-state index is 0.0234. The third-order valence-electron chi connectivity index (χ3n) is 9.42. The van der Waals surface area contributed by atoms with Crippen molar-refractivity contribution in [1.29, 1.82) is 0 Å². The van der Waals surface area contributed by atoms with Crippen molar-refractivity contribution in [3.63, 3.8) is 0 Å². The molecule has 1 saturated carbocycles. The van der Waals surface area contributed by atoms with Gasteiger partial charge in [-0.05, 0) is 114 Å². The van der Waals surface area contributed by atoms with Crippen molar-refractivity contribution in [2.45, 2.75) is 50.5 Å². The number of anilines is 1. The number of aromatic nitrogens is 1. The van der Waals surface area contributed by atoms with Crippen molar-refractivity contribution in [3.8, 4) is 0 Å². The highest BCUT2D eigenvalue weighted by atomic mass is 19.1. The number of rotatable bonds is 9. The molecule has 2 N–H and O–H groups in total. The molecule has 42 heavy (non-hydrogen) atoms. The summed E-state index contributed by atoms with van der Waals surface area (Å²) in [5, 5.41) is 0. The molecule has 0 bridgehead atoms. The lowest BCUT2D eigenvalue weighted by Gasteiger charge is -2.38. The largest absolute Gasteiger partial charge is 0.444 e. The van der Waals surface area contributed by atoms with Crippen molar-refractivity contribution in [3.05, 3.63) is 59.7 Å². The van der Waals surface area contributed by atoms with Crippen molar-refractivity contribution in [2.75, 3.05) is 57.8 Å². The highest BCUT2D eigenvalue weighted by Gasteiger charge is 2.44. The van der Waals surface area contributed by atoms with Gasteiger partial charge in [-0.2, -0.15) is 0 Å². The Morgan fingerprint density at radius 2 is 1.62 bits per heavy atom. The zero-order valence-corrected chi connectivity index (χ0v) is 24.5. The number of likely N-dealkylation sites (N-methyl/N-ethyl adjacent to an activating group) is 1. The number of amides is 1. The lowest BCUT2D eigenvalue weighted by molar-refractivity contribution is -0.142. The maximum atomic E-state index is 13.2. The van der Waals surface area contributed by atoms with E-state index in [9.17, 15) is 18.8 Å². The van der Waals surface area contributed by atoms with Crippen LogP contribution in [0.3, 0.4) is 0 Å². The number of carbonyl (C=O) groups is 3. The van der Waals surface area contributed by atoms with Crippen molar-refractivity contribution < 1.29 is 23.5 Å². The van der Waals surface area contributed by atoms with Gasteiger partial charge in [-0.3, -0.25) is 9.59 Å². The van der Waals surface area contributed by atoms with Crippen LogP contribution in [0, 0.1) is 17.7 Å². The van der Waals surface area contributed by atoms with Gasteiger partial charge in [-0.15, -0.1) is 0 Å². The number of ether oxygens (including phenoxy) is 1. The van der Waals surface area contributed by atoms with Crippen LogP contribution in [-0.2, 0) is 9.53 Å². The summed E-state index contributed by atoms with van der Waals surface area (Å²) < 4.78 is 19.0. The number of nitrogens with two attached hydrogens (primary N) is 1. The molecule has 1 aromatic heterocycles. The van der Waals surface area contributed by atoms with Crippen LogP contribution >= 0.6 is 0 Å². The first-order valence-corrected chi connectivity index (χ1v) is 15.2. The summed E-state index contributed by atoms with van der Waals surface area (Å²) in [6.45, 7) is 6.40. The highest BCUT2D eigenvalue weighted by Crippen LogP contribution is 2.37. The predicted molar refractivity (Wildman–Crippen MR) is 158 cm³/mol. The Labute approximate surface area is 247 Å². The first kappa shape index (κ1) is 30.1. The fourth-order valence-corrected chi connectivity index (χ4v) is 6.45. The molecule has 9 nitrogen and oxygen atoms in total. The van der Waals surface area contributed by atoms with E-state index in [1.165, 1.54) is 12.1 Å². The lowest BCUT2D eigenvalue weighted by atomic mass is 9.77. The number of piperidine rings is 1. The van der Waals surface area contributed by atoms with Gasteiger partial charge in [-0.25, -0.2) is 14.2 Å². The molecule has 0 radical (unpaired) electrons. The summed E-state index contributed by atoms with van der Waals surface area (Å²) in [4.78, 5) is 49.5. The predicted octanol–water partition coefficient (Wildman–Crippen LogP) is 3.53. The summed E-state index contributed by atoms with van der Waals surface area (Å²) in [5.74, 6) is -1.06. The van der Waals surface area contributed by atoms with Gasteiger partial charge in [0.2, 0.25) is 0 Å². The number of hydrogen-bond donors (Lipinski definition) is 1. The van der Waals surface area contributed by atoms with E-state index >= 15 is 0 Å². The van der Waals surface area contributed by atoms with E-state index < -0.39 is 17.5 Å². The van der Waals surface area contributed by atoms with Gasteiger partial charge in [0.1, 0.15) is 11.5 Å². The normalized spacial score (nSPS) is 24.3. The van der Waals surface area contributed by atoms with Gasteiger partial charge in [0, 0.05) is 37.7 Å². The van der Waals surface area contributed by atoms with E-state index in [1.807, 2.05) is 6.07 Å². The van der Waals surface area contributed by atoms with Crippen LogP contribution in [0.25, 0.3) is 0 Å². The molecule has 0 unspecified atom stereocenters. The van der Waals surface area contributed by atoms with Crippen LogP contribution in [0.15, 0.2) is 42.6 Å². The van der Waals surface area contributed by atoms with Gasteiger partial charge in [0.05, 0.1) is 11.9 Å². The Balaban J connectivity index is 1.06. The van der Waals surface area contributed by atoms with Crippen molar-refractivity contribution >= 4 is 23.3 Å². The highest BCUT2D eigenvalue weighted by molar-refractivity contribution is 5.97. The van der Waals surface area contributed by atoms with Gasteiger partial charge in [0.15, 0.2) is 11.4 Å². The number of Topliss-reactive ketones (excluding diaryl/α,β-unsaturated/α-hetero) is 1. The van der Waals surface area contributed by atoms with Crippen LogP contribution in [0.4, 0.5) is 10.1 Å². The molecule has 1 aliphatic carbocycles. The number of primary amides is 1. The number of hydrogen-bond acceptors (Lipinski definition) is 8. The summed E-state index contributed by atoms with van der Waals surface area (Å²) in [6.07, 6.45) is 6.60. The Morgan fingerprint density at radius 1 is 0.952 bits per heavy atom. The molecule has 2 aliphatic heterocycles. The molecule has 2 saturated heterocycles. The molecule has 3 aliphatic rings. The smallest absolute Gasteiger partial charge is 0.357 e. The van der Waals surface area contributed by atoms with Crippen LogP contribution in [0.5, 0.6) is 0 Å². The number of piperazine rings is 1. The summed E-state index contributed by atoms with van der Waals surface area (Å²) in [7, 11) is 2.10. The second-order valence-electron chi connectivity index (χ2n) is 12.2. The van der Waals surface area contributed by atoms with E-state index in [-0.39, 0.29) is 23.2 Å². The molecule has 5 rings (SSSR count). The zero-order chi connectivity index (χ0) is 29.7. The number of halogens is 1. The van der Waals surface area contributed by atoms with E-state index in [1.54, 1.807) is 24.4 Å². The minimum atomic E-state index is -1.30. The maximum absolute atomic E-state index is 13.2. The average Bonchev–Trinajstić information content (AvgIpc) is 3.01. The summed E-state index contributed by atoms with van der Waals surface area (Å²) in [6, 6.07) is 9.35.